The zero-order chi connectivity index (χ0) is 10.7. The second-order valence-corrected chi connectivity index (χ2v) is 6.36. The molecule has 2 saturated heterocycles. The Bertz CT molecular complexity index is 202. The first-order valence-electron chi connectivity index (χ1n) is 6.15. The molecule has 2 nitrogen and oxygen atoms in total. The third-order valence-corrected chi connectivity index (χ3v) is 4.70. The van der Waals surface area contributed by atoms with E-state index in [-0.39, 0.29) is 5.60 Å². The molecule has 0 aliphatic carbocycles. The van der Waals surface area contributed by atoms with E-state index in [1.807, 2.05) is 0 Å². The van der Waals surface area contributed by atoms with Gasteiger partial charge in [0.1, 0.15) is 0 Å². The van der Waals surface area contributed by atoms with Crippen molar-refractivity contribution in [1.82, 2.24) is 5.32 Å². The summed E-state index contributed by atoms with van der Waals surface area (Å²) in [5.74, 6) is 3.36. The molecule has 2 aliphatic heterocycles. The summed E-state index contributed by atoms with van der Waals surface area (Å²) in [6.45, 7) is 6.60. The van der Waals surface area contributed by atoms with Crippen molar-refractivity contribution in [3.8, 4) is 0 Å². The molecular weight excluding hydrogens is 206 g/mol. The summed E-state index contributed by atoms with van der Waals surface area (Å²) in [6, 6.07) is 0.613. The molecule has 2 rings (SSSR count). The molecule has 0 radical (unpaired) electrons. The third kappa shape index (κ3) is 3.11. The highest BCUT2D eigenvalue weighted by molar-refractivity contribution is 7.99. The minimum atomic E-state index is 0.256. The van der Waals surface area contributed by atoms with E-state index < -0.39 is 0 Å². The molecule has 2 heterocycles. The molecule has 2 aliphatic rings. The van der Waals surface area contributed by atoms with Crippen LogP contribution in [0, 0.1) is 5.92 Å². The van der Waals surface area contributed by atoms with Gasteiger partial charge < -0.3 is 10.1 Å². The lowest BCUT2D eigenvalue weighted by Crippen LogP contribution is -2.43. The van der Waals surface area contributed by atoms with Crippen molar-refractivity contribution in [3.63, 3.8) is 0 Å². The van der Waals surface area contributed by atoms with Gasteiger partial charge in [-0.25, -0.2) is 0 Å². The maximum atomic E-state index is 6.01. The first-order valence-corrected chi connectivity index (χ1v) is 7.31. The molecule has 15 heavy (non-hydrogen) atoms. The van der Waals surface area contributed by atoms with E-state index in [1.165, 1.54) is 37.3 Å². The average molecular weight is 229 g/mol. The lowest BCUT2D eigenvalue weighted by molar-refractivity contribution is -0.0790. The van der Waals surface area contributed by atoms with Crippen LogP contribution in [-0.2, 0) is 4.74 Å². The van der Waals surface area contributed by atoms with Crippen LogP contribution in [0.2, 0.25) is 0 Å². The maximum absolute atomic E-state index is 6.01. The summed E-state index contributed by atoms with van der Waals surface area (Å²) >= 11 is 2.06. The largest absolute Gasteiger partial charge is 0.374 e. The van der Waals surface area contributed by atoms with Crippen LogP contribution in [0.25, 0.3) is 0 Å². The Balaban J connectivity index is 1.81. The molecule has 2 atom stereocenters. The topological polar surface area (TPSA) is 21.3 Å². The monoisotopic (exact) mass is 229 g/mol. The summed E-state index contributed by atoms with van der Waals surface area (Å²) in [4.78, 5) is 0. The molecule has 0 aromatic rings. The Morgan fingerprint density at radius 2 is 2.40 bits per heavy atom. The summed E-state index contributed by atoms with van der Waals surface area (Å²) in [5.41, 5.74) is 0.256. The second-order valence-electron chi connectivity index (χ2n) is 5.26. The van der Waals surface area contributed by atoms with E-state index in [4.69, 9.17) is 4.74 Å². The SMILES string of the molecule is CC(C)NCC1CCOC2(CCSC2)C1. The van der Waals surface area contributed by atoms with Gasteiger partial charge >= 0.3 is 0 Å². The van der Waals surface area contributed by atoms with Gasteiger partial charge in [-0.2, -0.15) is 11.8 Å². The van der Waals surface area contributed by atoms with Crippen LogP contribution >= 0.6 is 11.8 Å². The molecule has 2 fully saturated rings. The number of ether oxygens (including phenoxy) is 1. The Hall–Kier alpha value is 0.270. The van der Waals surface area contributed by atoms with Crippen molar-refractivity contribution in [2.24, 2.45) is 5.92 Å². The van der Waals surface area contributed by atoms with Gasteiger partial charge in [-0.05, 0) is 37.5 Å². The number of nitrogens with one attached hydrogen (secondary N) is 1. The molecule has 1 spiro atoms. The van der Waals surface area contributed by atoms with Crippen LogP contribution in [0.15, 0.2) is 0 Å². The van der Waals surface area contributed by atoms with Gasteiger partial charge in [0, 0.05) is 18.4 Å². The van der Waals surface area contributed by atoms with Crippen LogP contribution in [0.5, 0.6) is 0 Å². The summed E-state index contributed by atoms with van der Waals surface area (Å²) < 4.78 is 6.01. The Morgan fingerprint density at radius 3 is 3.07 bits per heavy atom. The lowest BCUT2D eigenvalue weighted by atomic mass is 9.85. The van der Waals surface area contributed by atoms with E-state index >= 15 is 0 Å². The first kappa shape index (κ1) is 11.7. The Morgan fingerprint density at radius 1 is 1.53 bits per heavy atom. The van der Waals surface area contributed by atoms with E-state index in [2.05, 4.69) is 30.9 Å². The minimum Gasteiger partial charge on any atom is -0.374 e. The molecule has 3 heteroatoms. The zero-order valence-electron chi connectivity index (χ0n) is 9.92. The summed E-state index contributed by atoms with van der Waals surface area (Å²) in [5, 5.41) is 3.56. The Labute approximate surface area is 97.5 Å². The van der Waals surface area contributed by atoms with Gasteiger partial charge in [0.15, 0.2) is 0 Å². The molecule has 0 aromatic carbocycles. The Kier molecular flexibility index (Phi) is 3.97. The molecule has 1 N–H and O–H groups in total. The predicted molar refractivity (Wildman–Crippen MR) is 66.5 cm³/mol. The van der Waals surface area contributed by atoms with Gasteiger partial charge in [-0.15, -0.1) is 0 Å². The smallest absolute Gasteiger partial charge is 0.0783 e. The number of rotatable bonds is 3. The van der Waals surface area contributed by atoms with E-state index in [1.54, 1.807) is 0 Å². The first-order chi connectivity index (χ1) is 7.20. The fourth-order valence-corrected chi connectivity index (χ4v) is 3.95. The number of hydrogen-bond acceptors (Lipinski definition) is 3. The summed E-state index contributed by atoms with van der Waals surface area (Å²) in [7, 11) is 0. The number of thioether (sulfide) groups is 1. The van der Waals surface area contributed by atoms with E-state index in [9.17, 15) is 0 Å². The second kappa shape index (κ2) is 5.07. The minimum absolute atomic E-state index is 0.256. The zero-order valence-corrected chi connectivity index (χ0v) is 10.7. The van der Waals surface area contributed by atoms with Gasteiger partial charge in [0.25, 0.3) is 0 Å². The molecule has 0 saturated carbocycles. The predicted octanol–water partition coefficient (Wildman–Crippen LogP) is 2.29. The van der Waals surface area contributed by atoms with Crippen LogP contribution in [0.1, 0.15) is 33.1 Å². The maximum Gasteiger partial charge on any atom is 0.0783 e. The van der Waals surface area contributed by atoms with Crippen molar-refractivity contribution in [2.75, 3.05) is 24.7 Å². The summed E-state index contributed by atoms with van der Waals surface area (Å²) in [6.07, 6.45) is 3.79. The third-order valence-electron chi connectivity index (χ3n) is 3.48. The quantitative estimate of drug-likeness (QED) is 0.802. The van der Waals surface area contributed by atoms with Crippen LogP contribution in [-0.4, -0.2) is 36.3 Å². The van der Waals surface area contributed by atoms with Crippen molar-refractivity contribution in [1.29, 1.82) is 0 Å². The standard InChI is InChI=1S/C12H23NOS/c1-10(2)13-8-11-3-5-14-12(7-11)4-6-15-9-12/h10-11,13H,3-9H2,1-2H3. The van der Waals surface area contributed by atoms with Crippen molar-refractivity contribution < 1.29 is 4.74 Å². The van der Waals surface area contributed by atoms with E-state index in [0.29, 0.717) is 6.04 Å². The van der Waals surface area contributed by atoms with Crippen LogP contribution in [0.3, 0.4) is 0 Å². The van der Waals surface area contributed by atoms with E-state index in [0.717, 1.165) is 12.5 Å². The fraction of sp³-hybridized carbons (Fsp3) is 1.00. The highest BCUT2D eigenvalue weighted by Crippen LogP contribution is 2.40. The van der Waals surface area contributed by atoms with Crippen molar-refractivity contribution in [3.05, 3.63) is 0 Å². The highest BCUT2D eigenvalue weighted by atomic mass is 32.2. The van der Waals surface area contributed by atoms with Crippen LogP contribution < -0.4 is 5.32 Å². The van der Waals surface area contributed by atoms with Crippen LogP contribution in [0.4, 0.5) is 0 Å². The van der Waals surface area contributed by atoms with Gasteiger partial charge in [-0.3, -0.25) is 0 Å². The fourth-order valence-electron chi connectivity index (χ4n) is 2.57. The lowest BCUT2D eigenvalue weighted by Gasteiger charge is -2.38. The molecule has 0 bridgehead atoms. The van der Waals surface area contributed by atoms with Crippen molar-refractivity contribution >= 4 is 11.8 Å². The van der Waals surface area contributed by atoms with Gasteiger partial charge in [0.2, 0.25) is 0 Å². The molecular formula is C12H23NOS. The molecule has 0 aromatic heterocycles. The highest BCUT2D eigenvalue weighted by Gasteiger charge is 2.40. The van der Waals surface area contributed by atoms with Crippen molar-refractivity contribution in [2.45, 2.75) is 44.8 Å². The normalized spacial score (nSPS) is 36.6. The molecule has 2 unspecified atom stereocenters. The van der Waals surface area contributed by atoms with Gasteiger partial charge in [-0.1, -0.05) is 13.8 Å². The molecule has 0 amide bonds. The average Bonchev–Trinajstić information content (AvgIpc) is 2.63. The van der Waals surface area contributed by atoms with Gasteiger partial charge in [0.05, 0.1) is 5.60 Å². The number of hydrogen-bond donors (Lipinski definition) is 1. The molecule has 88 valence electrons.